The van der Waals surface area contributed by atoms with Crippen LogP contribution < -0.4 is 9.80 Å². The first-order valence-corrected chi connectivity index (χ1v) is 17.0. The molecule has 0 saturated carbocycles. The summed E-state index contributed by atoms with van der Waals surface area (Å²) in [6.07, 6.45) is 0. The molecule has 8 rings (SSSR count). The Morgan fingerprint density at radius 2 is 0.340 bits per heavy atom. The predicted octanol–water partition coefficient (Wildman–Crippen LogP) is 13.6. The second-order valence-electron chi connectivity index (χ2n) is 12.3. The van der Waals surface area contributed by atoms with Crippen molar-refractivity contribution in [2.75, 3.05) is 9.80 Å². The Balaban J connectivity index is 1.03. The number of hydrogen-bond acceptors (Lipinski definition) is 2. The molecule has 0 aliphatic rings. The van der Waals surface area contributed by atoms with Crippen LogP contribution in [0.15, 0.2) is 218 Å². The van der Waals surface area contributed by atoms with Gasteiger partial charge in [-0.15, -0.1) is 0 Å². The fraction of sp³-hybridized carbons (Fsp3) is 0. The van der Waals surface area contributed by atoms with Crippen molar-refractivity contribution in [3.05, 3.63) is 218 Å². The molecule has 0 bridgehead atoms. The Hall–Kier alpha value is -6.64. The molecule has 8 aromatic carbocycles. The largest absolute Gasteiger partial charge is 0.311 e. The first-order valence-electron chi connectivity index (χ1n) is 17.0. The molecular formula is C48H36N2. The normalized spacial score (nSPS) is 10.8. The molecule has 0 N–H and O–H groups in total. The molecule has 238 valence electrons. The zero-order chi connectivity index (χ0) is 33.5. The molecule has 0 amide bonds. The van der Waals surface area contributed by atoms with Gasteiger partial charge < -0.3 is 9.80 Å². The monoisotopic (exact) mass is 640 g/mol. The van der Waals surface area contributed by atoms with E-state index in [1.807, 2.05) is 0 Å². The van der Waals surface area contributed by atoms with E-state index in [0.717, 1.165) is 34.1 Å². The minimum atomic E-state index is 1.11. The van der Waals surface area contributed by atoms with Crippen molar-refractivity contribution in [2.45, 2.75) is 0 Å². The molecule has 0 fully saturated rings. The van der Waals surface area contributed by atoms with Gasteiger partial charge in [0.2, 0.25) is 0 Å². The number of anilines is 6. The summed E-state index contributed by atoms with van der Waals surface area (Å²) in [5, 5.41) is 0. The van der Waals surface area contributed by atoms with E-state index >= 15 is 0 Å². The number of para-hydroxylation sites is 3. The second-order valence-corrected chi connectivity index (χ2v) is 12.3. The van der Waals surface area contributed by atoms with Crippen molar-refractivity contribution >= 4 is 34.1 Å². The average Bonchev–Trinajstić information content (AvgIpc) is 3.21. The zero-order valence-corrected chi connectivity index (χ0v) is 27.7. The molecule has 2 heteroatoms. The lowest BCUT2D eigenvalue weighted by Crippen LogP contribution is -2.09. The molecule has 0 radical (unpaired) electrons. The molecule has 0 saturated heterocycles. The maximum atomic E-state index is 2.31. The highest BCUT2D eigenvalue weighted by molar-refractivity contribution is 5.81. The van der Waals surface area contributed by atoms with E-state index in [0.29, 0.717) is 0 Å². The van der Waals surface area contributed by atoms with Gasteiger partial charge >= 0.3 is 0 Å². The van der Waals surface area contributed by atoms with Crippen LogP contribution in [-0.4, -0.2) is 0 Å². The van der Waals surface area contributed by atoms with E-state index in [-0.39, 0.29) is 0 Å². The van der Waals surface area contributed by atoms with Crippen molar-refractivity contribution in [1.29, 1.82) is 0 Å². The third-order valence-electron chi connectivity index (χ3n) is 9.08. The lowest BCUT2D eigenvalue weighted by Gasteiger charge is -2.26. The van der Waals surface area contributed by atoms with Gasteiger partial charge in [-0.3, -0.25) is 0 Å². The van der Waals surface area contributed by atoms with Gasteiger partial charge in [0.1, 0.15) is 0 Å². The third-order valence-corrected chi connectivity index (χ3v) is 9.08. The SMILES string of the molecule is c1ccc(-c2ccc(N(c3ccccc3)c3ccc(-c4ccc(-c5ccc(N(c6ccccc6)c6ccccc6)cc5)cc4)cc3)cc2)cc1. The predicted molar refractivity (Wildman–Crippen MR) is 212 cm³/mol. The first kappa shape index (κ1) is 30.7. The Morgan fingerprint density at radius 3 is 0.600 bits per heavy atom. The highest BCUT2D eigenvalue weighted by atomic mass is 15.1. The van der Waals surface area contributed by atoms with Crippen molar-refractivity contribution in [3.63, 3.8) is 0 Å². The molecule has 0 atom stereocenters. The van der Waals surface area contributed by atoms with Crippen LogP contribution in [0.3, 0.4) is 0 Å². The molecule has 8 aromatic rings. The summed E-state index contributed by atoms with van der Waals surface area (Å²) >= 11 is 0. The van der Waals surface area contributed by atoms with Crippen molar-refractivity contribution in [3.8, 4) is 33.4 Å². The average molecular weight is 641 g/mol. The van der Waals surface area contributed by atoms with E-state index in [4.69, 9.17) is 0 Å². The van der Waals surface area contributed by atoms with E-state index in [2.05, 4.69) is 228 Å². The van der Waals surface area contributed by atoms with E-state index in [1.54, 1.807) is 0 Å². The fourth-order valence-electron chi connectivity index (χ4n) is 6.52. The van der Waals surface area contributed by atoms with E-state index in [9.17, 15) is 0 Å². The van der Waals surface area contributed by atoms with Gasteiger partial charge in [-0.1, -0.05) is 146 Å². The number of hydrogen-bond donors (Lipinski definition) is 0. The maximum Gasteiger partial charge on any atom is 0.0462 e. The van der Waals surface area contributed by atoms with Crippen LogP contribution in [0.4, 0.5) is 34.1 Å². The van der Waals surface area contributed by atoms with Gasteiger partial charge in [0.05, 0.1) is 0 Å². The zero-order valence-electron chi connectivity index (χ0n) is 27.7. The lowest BCUT2D eigenvalue weighted by molar-refractivity contribution is 1.28. The van der Waals surface area contributed by atoms with E-state index in [1.165, 1.54) is 33.4 Å². The summed E-state index contributed by atoms with van der Waals surface area (Å²) in [6.45, 7) is 0. The molecule has 0 aliphatic carbocycles. The fourth-order valence-corrected chi connectivity index (χ4v) is 6.52. The molecule has 0 aromatic heterocycles. The topological polar surface area (TPSA) is 6.48 Å². The molecule has 2 nitrogen and oxygen atoms in total. The molecule has 0 aliphatic heterocycles. The number of nitrogens with zero attached hydrogens (tertiary/aromatic N) is 2. The van der Waals surface area contributed by atoms with Gasteiger partial charge in [-0.2, -0.15) is 0 Å². The van der Waals surface area contributed by atoms with Crippen LogP contribution >= 0.6 is 0 Å². The summed E-state index contributed by atoms with van der Waals surface area (Å²) in [5.41, 5.74) is 13.9. The van der Waals surface area contributed by atoms with Gasteiger partial charge in [0, 0.05) is 34.1 Å². The second kappa shape index (κ2) is 14.2. The Kier molecular flexibility index (Phi) is 8.73. The minimum absolute atomic E-state index is 1.11. The van der Waals surface area contributed by atoms with Crippen molar-refractivity contribution < 1.29 is 0 Å². The van der Waals surface area contributed by atoms with Crippen molar-refractivity contribution in [2.24, 2.45) is 0 Å². The summed E-state index contributed by atoms with van der Waals surface area (Å²) in [7, 11) is 0. The van der Waals surface area contributed by atoms with Gasteiger partial charge in [0.25, 0.3) is 0 Å². The number of rotatable bonds is 9. The summed E-state index contributed by atoms with van der Waals surface area (Å²) in [5.74, 6) is 0. The van der Waals surface area contributed by atoms with Crippen LogP contribution in [0.2, 0.25) is 0 Å². The third kappa shape index (κ3) is 6.56. The number of benzene rings is 8. The molecule has 0 unspecified atom stereocenters. The van der Waals surface area contributed by atoms with Crippen LogP contribution in [0, 0.1) is 0 Å². The molecular weight excluding hydrogens is 605 g/mol. The van der Waals surface area contributed by atoms with E-state index < -0.39 is 0 Å². The Labute approximate surface area is 294 Å². The maximum absolute atomic E-state index is 2.31. The highest BCUT2D eigenvalue weighted by Gasteiger charge is 2.14. The Morgan fingerprint density at radius 1 is 0.160 bits per heavy atom. The molecule has 50 heavy (non-hydrogen) atoms. The quantitative estimate of drug-likeness (QED) is 0.155. The van der Waals surface area contributed by atoms with Crippen LogP contribution in [0.1, 0.15) is 0 Å². The van der Waals surface area contributed by atoms with Gasteiger partial charge in [-0.05, 0) is 106 Å². The highest BCUT2D eigenvalue weighted by Crippen LogP contribution is 2.38. The van der Waals surface area contributed by atoms with Crippen molar-refractivity contribution in [1.82, 2.24) is 0 Å². The molecule has 0 spiro atoms. The first-order chi connectivity index (χ1) is 24.8. The smallest absolute Gasteiger partial charge is 0.0462 e. The lowest BCUT2D eigenvalue weighted by atomic mass is 9.99. The van der Waals surface area contributed by atoms with Crippen LogP contribution in [-0.2, 0) is 0 Å². The van der Waals surface area contributed by atoms with Crippen LogP contribution in [0.25, 0.3) is 33.4 Å². The Bertz CT molecular complexity index is 2210. The standard InChI is InChI=1S/C48H36N2/c1-5-13-37(14-6-1)40-25-31-47(32-26-40)50(45-19-11-4-12-20-45)48-35-29-42(30-36-48)39-23-21-38(22-24-39)41-27-33-46(34-28-41)49(43-15-7-2-8-16-43)44-17-9-3-10-18-44/h1-36H. The summed E-state index contributed by atoms with van der Waals surface area (Å²) in [6, 6.07) is 77.5. The summed E-state index contributed by atoms with van der Waals surface area (Å²) < 4.78 is 0. The minimum Gasteiger partial charge on any atom is -0.311 e. The van der Waals surface area contributed by atoms with Gasteiger partial charge in [-0.25, -0.2) is 0 Å². The summed E-state index contributed by atoms with van der Waals surface area (Å²) in [4.78, 5) is 4.59. The van der Waals surface area contributed by atoms with Gasteiger partial charge in [0.15, 0.2) is 0 Å². The van der Waals surface area contributed by atoms with Crippen LogP contribution in [0.5, 0.6) is 0 Å². The molecule has 0 heterocycles.